The molecule has 1 aliphatic carbocycles. The molecule has 0 aromatic rings. The van der Waals surface area contributed by atoms with E-state index in [1.54, 1.807) is 0 Å². The summed E-state index contributed by atoms with van der Waals surface area (Å²) < 4.78 is 12.4. The molecule has 2 atom stereocenters. The highest BCUT2D eigenvalue weighted by Gasteiger charge is 2.59. The molecule has 8 heteroatoms. The Morgan fingerprint density at radius 2 is 1.07 bits per heavy atom. The topological polar surface area (TPSA) is 97.0 Å². The van der Waals surface area contributed by atoms with Gasteiger partial charge in [0.05, 0.1) is 21.9 Å². The Morgan fingerprint density at radius 3 is 1.44 bits per heavy atom. The van der Waals surface area contributed by atoms with Gasteiger partial charge in [0, 0.05) is 30.3 Å². The first kappa shape index (κ1) is 37.8. The van der Waals surface area contributed by atoms with Crippen LogP contribution in [0.2, 0.25) is 0 Å². The van der Waals surface area contributed by atoms with Crippen molar-refractivity contribution in [2.45, 2.75) is 188 Å². The Kier molecular flexibility index (Phi) is 11.6. The average molecular weight is 634 g/mol. The van der Waals surface area contributed by atoms with Gasteiger partial charge in [-0.2, -0.15) is 0 Å². The molecule has 2 N–H and O–H groups in total. The molecule has 260 valence electrons. The fourth-order valence-corrected chi connectivity index (χ4v) is 7.72. The number of carbonyl (C=O) groups excluding carboxylic acids is 3. The van der Waals surface area contributed by atoms with Crippen LogP contribution in [0, 0.1) is 16.7 Å². The molecule has 3 fully saturated rings. The Labute approximate surface area is 274 Å². The summed E-state index contributed by atoms with van der Waals surface area (Å²) in [5.74, 6) is -0.108. The van der Waals surface area contributed by atoms with Crippen molar-refractivity contribution in [2.75, 3.05) is 13.1 Å². The molecule has 0 spiro atoms. The molecule has 2 unspecified atom stereocenters. The summed E-state index contributed by atoms with van der Waals surface area (Å²) in [6.45, 7) is 25.5. The lowest BCUT2D eigenvalue weighted by Gasteiger charge is -2.58. The number of rotatable bonds is 11. The monoisotopic (exact) mass is 634 g/mol. The van der Waals surface area contributed by atoms with Crippen LogP contribution in [0.4, 0.5) is 0 Å². The minimum Gasteiger partial charge on any atom is -0.462 e. The summed E-state index contributed by atoms with van der Waals surface area (Å²) in [7, 11) is 0. The molecule has 3 rings (SSSR count). The van der Waals surface area contributed by atoms with Gasteiger partial charge >= 0.3 is 11.9 Å². The standard InChI is InChI=1S/C37H67N3O5/c1-32(2)24-27(20-22-38-32)44-30(42)34(5,6)36(9,10)40(29(41)19-18-26-16-14-13-15-17-26)37(11,12)35(7,8)31(43)45-28-21-23-39-33(3,4)25-28/h26-28,38-39H,13-25H2,1-12H3. The Morgan fingerprint density at radius 1 is 0.667 bits per heavy atom. The quantitative estimate of drug-likeness (QED) is 0.238. The summed E-state index contributed by atoms with van der Waals surface area (Å²) in [4.78, 5) is 44.6. The molecule has 2 heterocycles. The maximum absolute atomic E-state index is 14.6. The molecule has 3 aliphatic rings. The zero-order valence-electron chi connectivity index (χ0n) is 30.9. The first-order chi connectivity index (χ1) is 20.5. The fourth-order valence-electron chi connectivity index (χ4n) is 7.72. The van der Waals surface area contributed by atoms with E-state index < -0.39 is 21.9 Å². The zero-order valence-corrected chi connectivity index (χ0v) is 30.9. The molecule has 1 saturated carbocycles. The van der Waals surface area contributed by atoms with Crippen LogP contribution in [0.5, 0.6) is 0 Å². The SMILES string of the molecule is CC1(C)CC(OC(=O)C(C)(C)C(C)(C)N(C(=O)CCC2CCCCC2)C(C)(C)C(C)(C)C(=O)OC2CCNC(C)(C)C2)CCN1. The van der Waals surface area contributed by atoms with Gasteiger partial charge in [0.2, 0.25) is 5.91 Å². The van der Waals surface area contributed by atoms with Crippen LogP contribution in [0.3, 0.4) is 0 Å². The first-order valence-electron chi connectivity index (χ1n) is 17.8. The summed E-state index contributed by atoms with van der Waals surface area (Å²) >= 11 is 0. The van der Waals surface area contributed by atoms with E-state index in [2.05, 4.69) is 38.3 Å². The summed E-state index contributed by atoms with van der Waals surface area (Å²) in [6.07, 6.45) is 9.85. The van der Waals surface area contributed by atoms with E-state index >= 15 is 0 Å². The van der Waals surface area contributed by atoms with Crippen molar-refractivity contribution in [3.8, 4) is 0 Å². The molecule has 1 amide bonds. The van der Waals surface area contributed by atoms with E-state index in [9.17, 15) is 14.4 Å². The molecule has 45 heavy (non-hydrogen) atoms. The third kappa shape index (κ3) is 8.63. The van der Waals surface area contributed by atoms with E-state index in [4.69, 9.17) is 9.47 Å². The van der Waals surface area contributed by atoms with Gasteiger partial charge < -0.3 is 25.0 Å². The van der Waals surface area contributed by atoms with Crippen molar-refractivity contribution in [2.24, 2.45) is 16.7 Å². The highest BCUT2D eigenvalue weighted by Crippen LogP contribution is 2.48. The zero-order chi connectivity index (χ0) is 34.1. The van der Waals surface area contributed by atoms with Crippen molar-refractivity contribution < 1.29 is 23.9 Å². The van der Waals surface area contributed by atoms with E-state index in [1.165, 1.54) is 19.3 Å². The average Bonchev–Trinajstić information content (AvgIpc) is 2.90. The molecule has 0 aromatic carbocycles. The van der Waals surface area contributed by atoms with Gasteiger partial charge in [0.15, 0.2) is 0 Å². The second kappa shape index (κ2) is 13.8. The highest BCUT2D eigenvalue weighted by molar-refractivity contribution is 5.84. The van der Waals surface area contributed by atoms with Crippen LogP contribution in [0.15, 0.2) is 0 Å². The van der Waals surface area contributed by atoms with Crippen LogP contribution in [-0.2, 0) is 23.9 Å². The minimum atomic E-state index is -1.06. The van der Waals surface area contributed by atoms with Crippen molar-refractivity contribution in [1.29, 1.82) is 0 Å². The first-order valence-corrected chi connectivity index (χ1v) is 17.8. The Balaban J connectivity index is 1.93. The molecule has 0 radical (unpaired) electrons. The number of piperidine rings is 2. The number of esters is 2. The van der Waals surface area contributed by atoms with Crippen molar-refractivity contribution in [3.05, 3.63) is 0 Å². The van der Waals surface area contributed by atoms with Crippen molar-refractivity contribution in [3.63, 3.8) is 0 Å². The Hall–Kier alpha value is -1.67. The summed E-state index contributed by atoms with van der Waals surface area (Å²) in [5, 5.41) is 6.99. The van der Waals surface area contributed by atoms with Gasteiger partial charge in [-0.1, -0.05) is 32.1 Å². The van der Waals surface area contributed by atoms with Gasteiger partial charge in [-0.15, -0.1) is 0 Å². The van der Waals surface area contributed by atoms with Crippen LogP contribution in [0.25, 0.3) is 0 Å². The predicted octanol–water partition coefficient (Wildman–Crippen LogP) is 6.93. The maximum Gasteiger partial charge on any atom is 0.314 e. The third-order valence-electron chi connectivity index (χ3n) is 12.1. The molecular weight excluding hydrogens is 566 g/mol. The van der Waals surface area contributed by atoms with Crippen LogP contribution < -0.4 is 10.6 Å². The van der Waals surface area contributed by atoms with Crippen LogP contribution >= 0.6 is 0 Å². The lowest BCUT2D eigenvalue weighted by Crippen LogP contribution is -2.70. The van der Waals surface area contributed by atoms with Crippen molar-refractivity contribution >= 4 is 17.8 Å². The molecule has 2 saturated heterocycles. The maximum atomic E-state index is 14.6. The second-order valence-corrected chi connectivity index (χ2v) is 17.8. The van der Waals surface area contributed by atoms with Gasteiger partial charge in [-0.25, -0.2) is 0 Å². The molecule has 0 aromatic heterocycles. The fraction of sp³-hybridized carbons (Fsp3) is 0.919. The molecule has 0 bridgehead atoms. The number of nitrogens with one attached hydrogen (secondary N) is 2. The summed E-state index contributed by atoms with van der Waals surface area (Å²) in [6, 6.07) is 0. The van der Waals surface area contributed by atoms with Crippen molar-refractivity contribution in [1.82, 2.24) is 15.5 Å². The molecular formula is C37H67N3O5. The van der Waals surface area contributed by atoms with Gasteiger partial charge in [0.25, 0.3) is 0 Å². The van der Waals surface area contributed by atoms with Crippen LogP contribution in [0.1, 0.15) is 154 Å². The van der Waals surface area contributed by atoms with Gasteiger partial charge in [-0.05, 0) is 121 Å². The normalized spacial score (nSPS) is 24.9. The minimum absolute atomic E-state index is 0.0247. The predicted molar refractivity (Wildman–Crippen MR) is 181 cm³/mol. The lowest BCUT2D eigenvalue weighted by atomic mass is 9.66. The number of hydrogen-bond donors (Lipinski definition) is 2. The second-order valence-electron chi connectivity index (χ2n) is 17.8. The largest absolute Gasteiger partial charge is 0.462 e. The van der Waals surface area contributed by atoms with E-state index in [-0.39, 0.29) is 41.1 Å². The lowest BCUT2D eigenvalue weighted by molar-refractivity contribution is -0.189. The highest BCUT2D eigenvalue weighted by atomic mass is 16.5. The third-order valence-corrected chi connectivity index (χ3v) is 12.1. The number of amides is 1. The molecule has 8 nitrogen and oxygen atoms in total. The summed E-state index contributed by atoms with van der Waals surface area (Å²) in [5.41, 5.74) is -4.29. The van der Waals surface area contributed by atoms with Gasteiger partial charge in [0.1, 0.15) is 12.2 Å². The van der Waals surface area contributed by atoms with Crippen LogP contribution in [-0.4, -0.2) is 70.2 Å². The smallest absolute Gasteiger partial charge is 0.314 e. The molecule has 2 aliphatic heterocycles. The van der Waals surface area contributed by atoms with Gasteiger partial charge in [-0.3, -0.25) is 14.4 Å². The van der Waals surface area contributed by atoms with E-state index in [0.29, 0.717) is 12.3 Å². The number of hydrogen-bond acceptors (Lipinski definition) is 7. The number of nitrogens with zero attached hydrogens (tertiary/aromatic N) is 1. The number of carbonyl (C=O) groups is 3. The Bertz CT molecular complexity index is 988. The van der Waals surface area contributed by atoms with E-state index in [1.807, 2.05) is 60.3 Å². The number of ether oxygens (including phenoxy) is 2. The van der Waals surface area contributed by atoms with E-state index in [0.717, 1.165) is 58.0 Å².